The molecule has 2 heterocycles. The Bertz CT molecular complexity index is 356. The van der Waals surface area contributed by atoms with Gasteiger partial charge in [-0.3, -0.25) is 0 Å². The predicted octanol–water partition coefficient (Wildman–Crippen LogP) is 4.45. The van der Waals surface area contributed by atoms with E-state index in [1.54, 1.807) is 11.3 Å². The molecule has 0 saturated carbocycles. The van der Waals surface area contributed by atoms with Crippen molar-refractivity contribution in [3.8, 4) is 0 Å². The lowest BCUT2D eigenvalue weighted by atomic mass is 10.1. The van der Waals surface area contributed by atoms with Crippen LogP contribution in [0, 0.1) is 0 Å². The number of halogens is 1. The Morgan fingerprint density at radius 3 is 2.53 bits per heavy atom. The van der Waals surface area contributed by atoms with Gasteiger partial charge in [0, 0.05) is 17.3 Å². The molecule has 2 rings (SSSR count). The Morgan fingerprint density at radius 1 is 1.20 bits per heavy atom. The van der Waals surface area contributed by atoms with Gasteiger partial charge in [-0.1, -0.05) is 13.0 Å². The van der Waals surface area contributed by atoms with E-state index >= 15 is 0 Å². The molecule has 0 aromatic carbocycles. The average molecular weight is 260 g/mol. The van der Waals surface area contributed by atoms with E-state index in [9.17, 15) is 0 Å². The Hall–Kier alpha value is -0.510. The molecule has 82 valence electrons. The zero-order valence-electron chi connectivity index (χ0n) is 8.47. The average Bonchev–Trinajstić information content (AvgIpc) is 2.87. The van der Waals surface area contributed by atoms with Crippen LogP contribution in [0.3, 0.4) is 0 Å². The van der Waals surface area contributed by atoms with Crippen molar-refractivity contribution in [3.63, 3.8) is 0 Å². The number of hydrogen-bond donors (Lipinski definition) is 1. The van der Waals surface area contributed by atoms with Crippen LogP contribution >= 0.6 is 35.1 Å². The maximum Gasteiger partial charge on any atom is 0.0882 e. The van der Waals surface area contributed by atoms with E-state index in [4.69, 9.17) is 0 Å². The first kappa shape index (κ1) is 12.6. The van der Waals surface area contributed by atoms with Crippen LogP contribution in [0.2, 0.25) is 0 Å². The van der Waals surface area contributed by atoms with Crippen LogP contribution in [0.5, 0.6) is 0 Å². The van der Waals surface area contributed by atoms with Gasteiger partial charge < -0.3 is 5.32 Å². The standard InChI is InChI=1S/C11H13NS2.ClH/c1-9(10-4-2-6-13-10)8-12-11-5-3-7-14-11;/h2-7,9,12H,8H2,1H3;1H. The predicted molar refractivity (Wildman–Crippen MR) is 72.8 cm³/mol. The summed E-state index contributed by atoms with van der Waals surface area (Å²) < 4.78 is 0. The van der Waals surface area contributed by atoms with Crippen molar-refractivity contribution in [2.24, 2.45) is 0 Å². The molecule has 0 amide bonds. The van der Waals surface area contributed by atoms with Crippen molar-refractivity contribution < 1.29 is 0 Å². The molecule has 1 nitrogen and oxygen atoms in total. The Balaban J connectivity index is 0.00000112. The zero-order valence-corrected chi connectivity index (χ0v) is 10.9. The summed E-state index contributed by atoms with van der Waals surface area (Å²) in [6, 6.07) is 8.50. The van der Waals surface area contributed by atoms with Crippen molar-refractivity contribution in [2.45, 2.75) is 12.8 Å². The van der Waals surface area contributed by atoms with Gasteiger partial charge in [-0.25, -0.2) is 0 Å². The molecule has 0 aliphatic carbocycles. The third kappa shape index (κ3) is 3.52. The summed E-state index contributed by atoms with van der Waals surface area (Å²) in [5.74, 6) is 0.595. The maximum absolute atomic E-state index is 3.44. The van der Waals surface area contributed by atoms with Crippen LogP contribution in [0.4, 0.5) is 5.00 Å². The van der Waals surface area contributed by atoms with E-state index in [0.717, 1.165) is 6.54 Å². The first-order valence-electron chi connectivity index (χ1n) is 4.67. The maximum atomic E-state index is 3.44. The van der Waals surface area contributed by atoms with Crippen LogP contribution in [-0.2, 0) is 0 Å². The zero-order chi connectivity index (χ0) is 9.80. The third-order valence-corrected chi connectivity index (χ3v) is 4.06. The van der Waals surface area contributed by atoms with Gasteiger partial charge in [0.1, 0.15) is 0 Å². The second kappa shape index (κ2) is 6.16. The van der Waals surface area contributed by atoms with Crippen molar-refractivity contribution in [1.29, 1.82) is 0 Å². The summed E-state index contributed by atoms with van der Waals surface area (Å²) in [5.41, 5.74) is 0. The fourth-order valence-electron chi connectivity index (χ4n) is 1.31. The van der Waals surface area contributed by atoms with Crippen LogP contribution in [0.15, 0.2) is 35.0 Å². The van der Waals surface area contributed by atoms with E-state index in [-0.39, 0.29) is 12.4 Å². The highest BCUT2D eigenvalue weighted by molar-refractivity contribution is 7.14. The summed E-state index contributed by atoms with van der Waals surface area (Å²) in [6.45, 7) is 3.27. The summed E-state index contributed by atoms with van der Waals surface area (Å²) in [6.07, 6.45) is 0. The fraction of sp³-hybridized carbons (Fsp3) is 0.273. The van der Waals surface area contributed by atoms with Crippen molar-refractivity contribution in [1.82, 2.24) is 0 Å². The Labute approximate surface area is 105 Å². The molecule has 0 aliphatic rings. The lowest BCUT2D eigenvalue weighted by Crippen LogP contribution is -2.07. The highest BCUT2D eigenvalue weighted by Gasteiger charge is 2.05. The van der Waals surface area contributed by atoms with Crippen LogP contribution < -0.4 is 5.32 Å². The molecule has 0 bridgehead atoms. The molecule has 2 aromatic heterocycles. The van der Waals surface area contributed by atoms with Crippen LogP contribution in [0.1, 0.15) is 17.7 Å². The summed E-state index contributed by atoms with van der Waals surface area (Å²) in [7, 11) is 0. The van der Waals surface area contributed by atoms with Gasteiger partial charge in [-0.15, -0.1) is 35.1 Å². The van der Waals surface area contributed by atoms with Gasteiger partial charge in [0.2, 0.25) is 0 Å². The van der Waals surface area contributed by atoms with Crippen LogP contribution in [-0.4, -0.2) is 6.54 Å². The largest absolute Gasteiger partial charge is 0.376 e. The number of anilines is 1. The van der Waals surface area contributed by atoms with E-state index in [0.29, 0.717) is 5.92 Å². The molecule has 15 heavy (non-hydrogen) atoms. The first-order valence-corrected chi connectivity index (χ1v) is 6.43. The van der Waals surface area contributed by atoms with E-state index in [1.165, 1.54) is 9.88 Å². The summed E-state index contributed by atoms with van der Waals surface area (Å²) in [4.78, 5) is 1.45. The topological polar surface area (TPSA) is 12.0 Å². The van der Waals surface area contributed by atoms with Gasteiger partial charge in [0.05, 0.1) is 5.00 Å². The molecule has 2 aromatic rings. The molecular weight excluding hydrogens is 246 g/mol. The van der Waals surface area contributed by atoms with Gasteiger partial charge >= 0.3 is 0 Å². The molecule has 0 aliphatic heterocycles. The first-order chi connectivity index (χ1) is 6.86. The number of hydrogen-bond acceptors (Lipinski definition) is 3. The molecule has 4 heteroatoms. The highest BCUT2D eigenvalue weighted by Crippen LogP contribution is 2.22. The lowest BCUT2D eigenvalue weighted by Gasteiger charge is -2.10. The number of rotatable bonds is 4. The van der Waals surface area contributed by atoms with Crippen molar-refractivity contribution >= 4 is 40.1 Å². The number of thiophene rings is 2. The second-order valence-corrected chi connectivity index (χ2v) is 5.20. The molecule has 0 radical (unpaired) electrons. The summed E-state index contributed by atoms with van der Waals surface area (Å²) in [5, 5.41) is 8.93. The SMILES string of the molecule is CC(CNc1cccs1)c1cccs1.Cl. The Kier molecular flexibility index (Phi) is 5.15. The third-order valence-electron chi connectivity index (χ3n) is 2.13. The van der Waals surface area contributed by atoms with Gasteiger partial charge in [-0.05, 0) is 29.0 Å². The van der Waals surface area contributed by atoms with Crippen LogP contribution in [0.25, 0.3) is 0 Å². The van der Waals surface area contributed by atoms with E-state index < -0.39 is 0 Å². The van der Waals surface area contributed by atoms with Gasteiger partial charge in [0.25, 0.3) is 0 Å². The minimum atomic E-state index is 0. The minimum absolute atomic E-state index is 0. The normalized spacial score (nSPS) is 11.8. The molecule has 0 fully saturated rings. The fourth-order valence-corrected chi connectivity index (χ4v) is 2.72. The van der Waals surface area contributed by atoms with Crippen molar-refractivity contribution in [3.05, 3.63) is 39.9 Å². The summed E-state index contributed by atoms with van der Waals surface area (Å²) >= 11 is 3.59. The highest BCUT2D eigenvalue weighted by atomic mass is 35.5. The quantitative estimate of drug-likeness (QED) is 0.856. The monoisotopic (exact) mass is 259 g/mol. The number of nitrogens with one attached hydrogen (secondary N) is 1. The molecule has 0 spiro atoms. The molecular formula is C11H14ClNS2. The minimum Gasteiger partial charge on any atom is -0.376 e. The second-order valence-electron chi connectivity index (χ2n) is 3.27. The Morgan fingerprint density at radius 2 is 1.93 bits per heavy atom. The van der Waals surface area contributed by atoms with Crippen molar-refractivity contribution in [2.75, 3.05) is 11.9 Å². The molecule has 1 N–H and O–H groups in total. The van der Waals surface area contributed by atoms with Gasteiger partial charge in [-0.2, -0.15) is 0 Å². The molecule has 1 atom stereocenters. The lowest BCUT2D eigenvalue weighted by molar-refractivity contribution is 0.824. The van der Waals surface area contributed by atoms with E-state index in [1.807, 2.05) is 11.3 Å². The smallest absolute Gasteiger partial charge is 0.0882 e. The van der Waals surface area contributed by atoms with Gasteiger partial charge in [0.15, 0.2) is 0 Å². The van der Waals surface area contributed by atoms with E-state index in [2.05, 4.69) is 47.3 Å². The molecule has 1 unspecified atom stereocenters. The molecule has 0 saturated heterocycles.